The fourth-order valence-electron chi connectivity index (χ4n) is 1.41. The number of rotatable bonds is 3. The molecule has 0 fully saturated rings. The van der Waals surface area contributed by atoms with Crippen molar-refractivity contribution >= 4 is 5.91 Å². The molecule has 3 nitrogen and oxygen atoms in total. The van der Waals surface area contributed by atoms with Crippen LogP contribution in [0.25, 0.3) is 0 Å². The molecule has 1 rings (SSSR count). The largest absolute Gasteiger partial charge is 0.289 e. The van der Waals surface area contributed by atoms with Gasteiger partial charge in [-0.3, -0.25) is 10.2 Å². The van der Waals surface area contributed by atoms with Gasteiger partial charge >= 0.3 is 0 Å². The summed E-state index contributed by atoms with van der Waals surface area (Å²) in [6, 6.07) is 8.02. The second-order valence-electron chi connectivity index (χ2n) is 4.01. The van der Waals surface area contributed by atoms with Crippen LogP contribution in [-0.4, -0.2) is 25.0 Å². The molecule has 15 heavy (non-hydrogen) atoms. The first kappa shape index (κ1) is 11.7. The molecule has 0 aliphatic rings. The van der Waals surface area contributed by atoms with Crippen LogP contribution in [0.3, 0.4) is 0 Å². The third-order valence-electron chi connectivity index (χ3n) is 2.27. The van der Waals surface area contributed by atoms with Crippen molar-refractivity contribution in [3.05, 3.63) is 35.4 Å². The van der Waals surface area contributed by atoms with E-state index in [9.17, 15) is 4.79 Å². The summed E-state index contributed by atoms with van der Waals surface area (Å²) in [6.07, 6.45) is 0. The molecule has 0 spiro atoms. The van der Waals surface area contributed by atoms with Crippen molar-refractivity contribution in [1.82, 2.24) is 10.4 Å². The average molecular weight is 206 g/mol. The van der Waals surface area contributed by atoms with Crippen LogP contribution < -0.4 is 5.43 Å². The highest BCUT2D eigenvalue weighted by Gasteiger charge is 2.15. The first-order valence-corrected chi connectivity index (χ1v) is 5.05. The zero-order valence-corrected chi connectivity index (χ0v) is 9.74. The minimum Gasteiger partial charge on any atom is -0.289 e. The molecule has 1 N–H and O–H groups in total. The highest BCUT2D eigenvalue weighted by molar-refractivity contribution is 5.82. The van der Waals surface area contributed by atoms with Gasteiger partial charge < -0.3 is 0 Å². The lowest BCUT2D eigenvalue weighted by Gasteiger charge is -2.17. The summed E-state index contributed by atoms with van der Waals surface area (Å²) in [6.45, 7) is 3.94. The third kappa shape index (κ3) is 3.36. The Balaban J connectivity index is 2.76. The van der Waals surface area contributed by atoms with Gasteiger partial charge in [0.1, 0.15) is 0 Å². The van der Waals surface area contributed by atoms with E-state index in [2.05, 4.69) is 5.43 Å². The standard InChI is InChI=1S/C12H18N2O/c1-9-6-5-7-11(8-9)10(2)12(15)13-14(3)4/h5-8,10H,1-4H3,(H,13,15). The van der Waals surface area contributed by atoms with Gasteiger partial charge in [-0.1, -0.05) is 29.8 Å². The molecule has 0 bridgehead atoms. The molecular formula is C12H18N2O. The van der Waals surface area contributed by atoms with Crippen LogP contribution in [0, 0.1) is 6.92 Å². The van der Waals surface area contributed by atoms with Gasteiger partial charge in [0.15, 0.2) is 0 Å². The Kier molecular flexibility index (Phi) is 3.86. The van der Waals surface area contributed by atoms with E-state index in [-0.39, 0.29) is 11.8 Å². The number of hydrogen-bond donors (Lipinski definition) is 1. The quantitative estimate of drug-likeness (QED) is 0.763. The molecule has 0 heterocycles. The molecule has 82 valence electrons. The lowest BCUT2D eigenvalue weighted by atomic mass is 9.99. The number of hydrazine groups is 1. The molecule has 0 saturated heterocycles. The topological polar surface area (TPSA) is 32.3 Å². The van der Waals surface area contributed by atoms with Gasteiger partial charge in [0.25, 0.3) is 0 Å². The molecule has 0 radical (unpaired) electrons. The summed E-state index contributed by atoms with van der Waals surface area (Å²) in [5, 5.41) is 1.66. The van der Waals surface area contributed by atoms with Crippen molar-refractivity contribution in [1.29, 1.82) is 0 Å². The Morgan fingerprint density at radius 3 is 2.60 bits per heavy atom. The van der Waals surface area contributed by atoms with E-state index in [1.54, 1.807) is 19.1 Å². The summed E-state index contributed by atoms with van der Waals surface area (Å²) in [7, 11) is 3.61. The van der Waals surface area contributed by atoms with Gasteiger partial charge in [-0.2, -0.15) is 0 Å². The smallest absolute Gasteiger partial charge is 0.241 e. The number of aryl methyl sites for hydroxylation is 1. The Bertz CT molecular complexity index is 347. The molecule has 0 aliphatic heterocycles. The summed E-state index contributed by atoms with van der Waals surface area (Å²) < 4.78 is 0. The lowest BCUT2D eigenvalue weighted by Crippen LogP contribution is -2.38. The highest BCUT2D eigenvalue weighted by atomic mass is 16.2. The maximum absolute atomic E-state index is 11.7. The SMILES string of the molecule is Cc1cccc(C(C)C(=O)NN(C)C)c1. The molecule has 0 aliphatic carbocycles. The van der Waals surface area contributed by atoms with Crippen LogP contribution in [0.5, 0.6) is 0 Å². The Morgan fingerprint density at radius 1 is 1.40 bits per heavy atom. The first-order valence-electron chi connectivity index (χ1n) is 5.05. The van der Waals surface area contributed by atoms with Crippen molar-refractivity contribution < 1.29 is 4.79 Å². The lowest BCUT2D eigenvalue weighted by molar-refractivity contribution is -0.125. The second-order valence-corrected chi connectivity index (χ2v) is 4.01. The van der Waals surface area contributed by atoms with E-state index < -0.39 is 0 Å². The molecule has 0 saturated carbocycles. The highest BCUT2D eigenvalue weighted by Crippen LogP contribution is 2.16. The predicted octanol–water partition coefficient (Wildman–Crippen LogP) is 1.69. The van der Waals surface area contributed by atoms with E-state index in [1.807, 2.05) is 38.1 Å². The average Bonchev–Trinajstić information content (AvgIpc) is 2.15. The van der Waals surface area contributed by atoms with Crippen molar-refractivity contribution in [2.24, 2.45) is 0 Å². The number of amides is 1. The van der Waals surface area contributed by atoms with Crippen LogP contribution >= 0.6 is 0 Å². The Morgan fingerprint density at radius 2 is 2.07 bits per heavy atom. The minimum atomic E-state index is -0.118. The molecular weight excluding hydrogens is 188 g/mol. The Labute approximate surface area is 91.1 Å². The van der Waals surface area contributed by atoms with Crippen molar-refractivity contribution in [2.45, 2.75) is 19.8 Å². The van der Waals surface area contributed by atoms with Crippen molar-refractivity contribution in [3.63, 3.8) is 0 Å². The number of nitrogens with one attached hydrogen (secondary N) is 1. The van der Waals surface area contributed by atoms with Crippen molar-refractivity contribution in [2.75, 3.05) is 14.1 Å². The van der Waals surface area contributed by atoms with E-state index >= 15 is 0 Å². The van der Waals surface area contributed by atoms with Gasteiger partial charge in [0.2, 0.25) is 5.91 Å². The predicted molar refractivity (Wildman–Crippen MR) is 61.4 cm³/mol. The maximum Gasteiger partial charge on any atom is 0.241 e. The van der Waals surface area contributed by atoms with E-state index in [0.717, 1.165) is 5.56 Å². The van der Waals surface area contributed by atoms with Gasteiger partial charge in [-0.15, -0.1) is 0 Å². The molecule has 1 atom stereocenters. The van der Waals surface area contributed by atoms with Gasteiger partial charge in [-0.25, -0.2) is 5.01 Å². The second kappa shape index (κ2) is 4.94. The normalized spacial score (nSPS) is 12.6. The number of carbonyl (C=O) groups is 1. The van der Waals surface area contributed by atoms with Gasteiger partial charge in [-0.05, 0) is 19.4 Å². The summed E-state index contributed by atoms with van der Waals surface area (Å²) in [5.74, 6) is -0.0992. The number of benzene rings is 1. The Hall–Kier alpha value is -1.35. The number of nitrogens with zero attached hydrogens (tertiary/aromatic N) is 1. The number of carbonyl (C=O) groups excluding carboxylic acids is 1. The van der Waals surface area contributed by atoms with Crippen LogP contribution in [0.2, 0.25) is 0 Å². The fourth-order valence-corrected chi connectivity index (χ4v) is 1.41. The zero-order valence-electron chi connectivity index (χ0n) is 9.74. The van der Waals surface area contributed by atoms with E-state index in [4.69, 9.17) is 0 Å². The first-order chi connectivity index (χ1) is 7.00. The minimum absolute atomic E-state index is 0.0191. The van der Waals surface area contributed by atoms with E-state index in [1.165, 1.54) is 5.56 Å². The van der Waals surface area contributed by atoms with Crippen LogP contribution in [-0.2, 0) is 4.79 Å². The molecule has 1 aromatic carbocycles. The van der Waals surface area contributed by atoms with Gasteiger partial charge in [0, 0.05) is 14.1 Å². The maximum atomic E-state index is 11.7. The summed E-state index contributed by atoms with van der Waals surface area (Å²) in [5.41, 5.74) is 4.98. The molecule has 0 aromatic heterocycles. The number of hydrogen-bond acceptors (Lipinski definition) is 2. The summed E-state index contributed by atoms with van der Waals surface area (Å²) >= 11 is 0. The van der Waals surface area contributed by atoms with Crippen LogP contribution in [0.4, 0.5) is 0 Å². The van der Waals surface area contributed by atoms with Crippen molar-refractivity contribution in [3.8, 4) is 0 Å². The summed E-state index contributed by atoms with van der Waals surface area (Å²) in [4.78, 5) is 11.7. The van der Waals surface area contributed by atoms with Crippen LogP contribution in [0.1, 0.15) is 24.0 Å². The molecule has 1 aromatic rings. The van der Waals surface area contributed by atoms with Crippen LogP contribution in [0.15, 0.2) is 24.3 Å². The fraction of sp³-hybridized carbons (Fsp3) is 0.417. The monoisotopic (exact) mass is 206 g/mol. The third-order valence-corrected chi connectivity index (χ3v) is 2.27. The molecule has 1 amide bonds. The van der Waals surface area contributed by atoms with E-state index in [0.29, 0.717) is 0 Å². The molecule has 3 heteroatoms. The van der Waals surface area contributed by atoms with Gasteiger partial charge in [0.05, 0.1) is 5.92 Å². The zero-order chi connectivity index (χ0) is 11.4. The molecule has 1 unspecified atom stereocenters.